The maximum atomic E-state index is 12.7. The third kappa shape index (κ3) is 5.33. The summed E-state index contributed by atoms with van der Waals surface area (Å²) in [6.07, 6.45) is 1.97. The molecule has 12 heteroatoms. The van der Waals surface area contributed by atoms with Crippen LogP contribution >= 0.6 is 0 Å². The van der Waals surface area contributed by atoms with E-state index in [-0.39, 0.29) is 17.4 Å². The lowest BCUT2D eigenvalue weighted by Gasteiger charge is -2.26. The Morgan fingerprint density at radius 1 is 1.26 bits per heavy atom. The van der Waals surface area contributed by atoms with Crippen LogP contribution in [0.1, 0.15) is 39.6 Å². The Kier molecular flexibility index (Phi) is 6.85. The number of methoxy groups -OCH3 is 1. The van der Waals surface area contributed by atoms with Crippen LogP contribution in [-0.2, 0) is 26.0 Å². The summed E-state index contributed by atoms with van der Waals surface area (Å²) in [6.45, 7) is 2.20. The molecule has 2 N–H and O–H groups in total. The van der Waals surface area contributed by atoms with Crippen molar-refractivity contribution >= 4 is 22.0 Å². The highest BCUT2D eigenvalue weighted by Crippen LogP contribution is 2.35. The van der Waals surface area contributed by atoms with E-state index in [9.17, 15) is 23.1 Å². The molecule has 0 fully saturated rings. The number of ether oxygens (including phenoxy) is 2. The van der Waals surface area contributed by atoms with Crippen molar-refractivity contribution in [2.24, 2.45) is 0 Å². The van der Waals surface area contributed by atoms with E-state index >= 15 is 0 Å². The van der Waals surface area contributed by atoms with Crippen LogP contribution in [0, 0.1) is 6.92 Å². The van der Waals surface area contributed by atoms with Crippen LogP contribution in [0.5, 0.6) is 5.75 Å². The van der Waals surface area contributed by atoms with E-state index in [0.29, 0.717) is 30.0 Å². The van der Waals surface area contributed by atoms with Crippen molar-refractivity contribution in [1.29, 1.82) is 0 Å². The second kappa shape index (κ2) is 9.84. The van der Waals surface area contributed by atoms with E-state index in [0.717, 1.165) is 11.1 Å². The Morgan fingerprint density at radius 3 is 2.69 bits per heavy atom. The van der Waals surface area contributed by atoms with E-state index in [4.69, 9.17) is 9.47 Å². The Balaban J connectivity index is 1.53. The Labute approximate surface area is 201 Å². The van der Waals surface area contributed by atoms with Crippen LogP contribution in [-0.4, -0.2) is 60.2 Å². The SMILES string of the molecule is COC(=O)c1ccc2c(c1)OCCC2n1cc(C[C@H](NS(=O)(=O)c2ccc(C)cc2)C(=O)O)nn1. The number of aliphatic carboxylic acids is 1. The number of nitrogens with one attached hydrogen (secondary N) is 1. The number of aryl methyl sites for hydroxylation is 1. The van der Waals surface area contributed by atoms with Gasteiger partial charge in [0.1, 0.15) is 11.8 Å². The smallest absolute Gasteiger partial charge is 0.337 e. The molecule has 184 valence electrons. The fraction of sp³-hybridized carbons (Fsp3) is 0.304. The van der Waals surface area contributed by atoms with Gasteiger partial charge in [-0.2, -0.15) is 4.72 Å². The van der Waals surface area contributed by atoms with E-state index in [1.807, 2.05) is 6.92 Å². The molecule has 0 saturated heterocycles. The van der Waals surface area contributed by atoms with Gasteiger partial charge in [-0.15, -0.1) is 5.10 Å². The monoisotopic (exact) mass is 500 g/mol. The number of carbonyl (C=O) groups excluding carboxylic acids is 1. The fourth-order valence-electron chi connectivity index (χ4n) is 3.81. The predicted octanol–water partition coefficient (Wildman–Crippen LogP) is 1.72. The summed E-state index contributed by atoms with van der Waals surface area (Å²) in [5, 5.41) is 17.8. The molecule has 0 aliphatic carbocycles. The van der Waals surface area contributed by atoms with Gasteiger partial charge in [0.05, 0.1) is 35.9 Å². The highest BCUT2D eigenvalue weighted by molar-refractivity contribution is 7.89. The first-order valence-electron chi connectivity index (χ1n) is 10.8. The average Bonchev–Trinajstić information content (AvgIpc) is 3.30. The van der Waals surface area contributed by atoms with Gasteiger partial charge in [-0.3, -0.25) is 4.79 Å². The maximum Gasteiger partial charge on any atom is 0.337 e. The van der Waals surface area contributed by atoms with Gasteiger partial charge in [0.2, 0.25) is 10.0 Å². The molecule has 0 spiro atoms. The van der Waals surface area contributed by atoms with Crippen molar-refractivity contribution in [3.63, 3.8) is 0 Å². The Morgan fingerprint density at radius 2 is 2.00 bits per heavy atom. The molecule has 3 aromatic rings. The van der Waals surface area contributed by atoms with Crippen molar-refractivity contribution in [2.45, 2.75) is 36.7 Å². The molecule has 11 nitrogen and oxygen atoms in total. The number of benzene rings is 2. The highest BCUT2D eigenvalue weighted by Gasteiger charge is 2.29. The highest BCUT2D eigenvalue weighted by atomic mass is 32.2. The quantitative estimate of drug-likeness (QED) is 0.441. The molecule has 2 atom stereocenters. The van der Waals surface area contributed by atoms with Crippen molar-refractivity contribution in [3.8, 4) is 5.75 Å². The van der Waals surface area contributed by atoms with Crippen LogP contribution < -0.4 is 9.46 Å². The van der Waals surface area contributed by atoms with Gasteiger partial charge in [0.15, 0.2) is 0 Å². The summed E-state index contributed by atoms with van der Waals surface area (Å²) in [5.74, 6) is -1.29. The number of carbonyl (C=O) groups is 2. The summed E-state index contributed by atoms with van der Waals surface area (Å²) in [7, 11) is -2.75. The molecule has 2 heterocycles. The van der Waals surface area contributed by atoms with Gasteiger partial charge >= 0.3 is 11.9 Å². The molecule has 1 aliphatic rings. The number of aromatic nitrogens is 3. The molecule has 0 saturated carbocycles. The van der Waals surface area contributed by atoms with E-state index in [1.54, 1.807) is 41.2 Å². The summed E-state index contributed by atoms with van der Waals surface area (Å²) in [5.41, 5.74) is 2.33. The van der Waals surface area contributed by atoms with E-state index in [2.05, 4.69) is 15.0 Å². The van der Waals surface area contributed by atoms with Gasteiger partial charge in [-0.05, 0) is 31.2 Å². The zero-order chi connectivity index (χ0) is 25.2. The number of hydrogen-bond acceptors (Lipinski definition) is 8. The topological polar surface area (TPSA) is 150 Å². The summed E-state index contributed by atoms with van der Waals surface area (Å²) in [6, 6.07) is 9.40. The molecule has 2 aromatic carbocycles. The zero-order valence-electron chi connectivity index (χ0n) is 19.0. The lowest BCUT2D eigenvalue weighted by molar-refractivity contribution is -0.138. The number of hydrogen-bond donors (Lipinski definition) is 2. The van der Waals surface area contributed by atoms with Crippen LogP contribution in [0.4, 0.5) is 0 Å². The first-order valence-corrected chi connectivity index (χ1v) is 12.2. The summed E-state index contributed by atoms with van der Waals surface area (Å²) < 4.78 is 39.6. The van der Waals surface area contributed by atoms with Crippen LogP contribution in [0.2, 0.25) is 0 Å². The zero-order valence-corrected chi connectivity index (χ0v) is 19.9. The van der Waals surface area contributed by atoms with Gasteiger partial charge in [-0.25, -0.2) is 17.9 Å². The number of carboxylic acids is 1. The third-order valence-electron chi connectivity index (χ3n) is 5.66. The molecule has 1 aromatic heterocycles. The minimum Gasteiger partial charge on any atom is -0.493 e. The second-order valence-electron chi connectivity index (χ2n) is 8.12. The van der Waals surface area contributed by atoms with Gasteiger partial charge in [0, 0.05) is 24.6 Å². The number of rotatable bonds is 8. The molecule has 0 radical (unpaired) electrons. The molecule has 4 rings (SSSR count). The number of carboxylic acid groups (broad SMARTS) is 1. The second-order valence-corrected chi connectivity index (χ2v) is 9.83. The first kappa shape index (κ1) is 24.4. The Bertz CT molecular complexity index is 1350. The minimum atomic E-state index is -4.05. The van der Waals surface area contributed by atoms with Gasteiger partial charge in [0.25, 0.3) is 0 Å². The molecular formula is C23H24N4O7S. The van der Waals surface area contributed by atoms with Crippen molar-refractivity contribution in [1.82, 2.24) is 19.7 Å². The van der Waals surface area contributed by atoms with Crippen LogP contribution in [0.3, 0.4) is 0 Å². The summed E-state index contributed by atoms with van der Waals surface area (Å²) in [4.78, 5) is 23.6. The lowest BCUT2D eigenvalue weighted by atomic mass is 9.99. The molecule has 35 heavy (non-hydrogen) atoms. The largest absolute Gasteiger partial charge is 0.493 e. The van der Waals surface area contributed by atoms with E-state index < -0.39 is 28.0 Å². The lowest BCUT2D eigenvalue weighted by Crippen LogP contribution is -2.42. The average molecular weight is 501 g/mol. The Hall–Kier alpha value is -3.77. The predicted molar refractivity (Wildman–Crippen MR) is 123 cm³/mol. The molecule has 1 unspecified atom stereocenters. The first-order chi connectivity index (χ1) is 16.7. The number of sulfonamides is 1. The molecule has 0 amide bonds. The van der Waals surface area contributed by atoms with Gasteiger partial charge in [-0.1, -0.05) is 29.0 Å². The normalized spacial score (nSPS) is 16.1. The van der Waals surface area contributed by atoms with Gasteiger partial charge < -0.3 is 14.6 Å². The van der Waals surface area contributed by atoms with Crippen LogP contribution in [0.15, 0.2) is 53.6 Å². The molecular weight excluding hydrogens is 476 g/mol. The minimum absolute atomic E-state index is 0.0249. The maximum absolute atomic E-state index is 12.7. The molecule has 1 aliphatic heterocycles. The van der Waals surface area contributed by atoms with E-state index in [1.165, 1.54) is 19.2 Å². The van der Waals surface area contributed by atoms with Crippen LogP contribution in [0.25, 0.3) is 0 Å². The van der Waals surface area contributed by atoms with Crippen molar-refractivity contribution < 1.29 is 32.6 Å². The number of fused-ring (bicyclic) bond motifs is 1. The fourth-order valence-corrected chi connectivity index (χ4v) is 5.00. The third-order valence-corrected chi connectivity index (χ3v) is 7.15. The molecule has 0 bridgehead atoms. The number of nitrogens with zero attached hydrogens (tertiary/aromatic N) is 3. The standard InChI is InChI=1S/C23H24N4O7S/c1-14-3-6-17(7-4-14)35(31,32)25-19(22(28)29)12-16-13-27(26-24-16)20-9-10-34-21-11-15(23(30)33-2)5-8-18(20)21/h3-8,11,13,19-20,25H,9-10,12H2,1-2H3,(H,28,29)/t19-,20?/m0/s1. The number of esters is 1. The van der Waals surface area contributed by atoms with Crippen molar-refractivity contribution in [2.75, 3.05) is 13.7 Å². The van der Waals surface area contributed by atoms with Crippen molar-refractivity contribution in [3.05, 3.63) is 71.0 Å². The summed E-state index contributed by atoms with van der Waals surface area (Å²) >= 11 is 0.